The molecule has 1 saturated heterocycles. The third-order valence-electron chi connectivity index (χ3n) is 6.31. The zero-order valence-electron chi connectivity index (χ0n) is 19.7. The van der Waals surface area contributed by atoms with Gasteiger partial charge in [-0.15, -0.1) is 0 Å². The highest BCUT2D eigenvalue weighted by atomic mass is 16.5. The van der Waals surface area contributed by atoms with Gasteiger partial charge in [0.2, 0.25) is 0 Å². The molecular formula is C29H29NO4. The smallest absolute Gasteiger partial charge is 0.295 e. The number of aliphatic hydroxyl groups excluding tert-OH is 1. The minimum atomic E-state index is -0.667. The molecule has 1 unspecified atom stereocenters. The first-order valence-corrected chi connectivity index (χ1v) is 11.5. The lowest BCUT2D eigenvalue weighted by molar-refractivity contribution is -0.139. The van der Waals surface area contributed by atoms with Crippen LogP contribution in [-0.4, -0.2) is 35.4 Å². The van der Waals surface area contributed by atoms with Crippen molar-refractivity contribution in [1.29, 1.82) is 0 Å². The second-order valence-electron chi connectivity index (χ2n) is 8.78. The van der Waals surface area contributed by atoms with E-state index in [1.54, 1.807) is 36.3 Å². The normalized spacial score (nSPS) is 17.4. The fourth-order valence-electron chi connectivity index (χ4n) is 4.32. The van der Waals surface area contributed by atoms with Gasteiger partial charge in [0.25, 0.3) is 11.7 Å². The molecule has 174 valence electrons. The van der Waals surface area contributed by atoms with Crippen molar-refractivity contribution in [1.82, 2.24) is 4.90 Å². The van der Waals surface area contributed by atoms with Crippen molar-refractivity contribution in [3.63, 3.8) is 0 Å². The molecule has 1 atom stereocenters. The van der Waals surface area contributed by atoms with E-state index in [1.807, 2.05) is 54.6 Å². The van der Waals surface area contributed by atoms with Crippen molar-refractivity contribution in [3.05, 3.63) is 107 Å². The van der Waals surface area contributed by atoms with E-state index in [4.69, 9.17) is 4.74 Å². The van der Waals surface area contributed by atoms with Crippen LogP contribution in [0.5, 0.6) is 5.75 Å². The summed E-state index contributed by atoms with van der Waals surface area (Å²) in [5, 5.41) is 11.2. The van der Waals surface area contributed by atoms with Crippen molar-refractivity contribution in [2.75, 3.05) is 13.7 Å². The summed E-state index contributed by atoms with van der Waals surface area (Å²) < 4.78 is 5.20. The molecule has 1 N–H and O–H groups in total. The highest BCUT2D eigenvalue weighted by molar-refractivity contribution is 6.46. The van der Waals surface area contributed by atoms with Gasteiger partial charge in [0.05, 0.1) is 18.7 Å². The maximum absolute atomic E-state index is 13.2. The van der Waals surface area contributed by atoms with Crippen LogP contribution >= 0.6 is 0 Å². The topological polar surface area (TPSA) is 66.8 Å². The van der Waals surface area contributed by atoms with Crippen LogP contribution in [0, 0.1) is 0 Å². The second kappa shape index (κ2) is 9.96. The summed E-state index contributed by atoms with van der Waals surface area (Å²) in [6.45, 7) is 4.60. The molecule has 1 aliphatic rings. The lowest BCUT2D eigenvalue weighted by Gasteiger charge is -2.26. The Hall–Kier alpha value is -3.86. The zero-order chi connectivity index (χ0) is 24.2. The Morgan fingerprint density at radius 3 is 2.18 bits per heavy atom. The second-order valence-corrected chi connectivity index (χ2v) is 8.78. The first-order valence-electron chi connectivity index (χ1n) is 11.5. The van der Waals surface area contributed by atoms with E-state index in [0.29, 0.717) is 30.2 Å². The molecule has 34 heavy (non-hydrogen) atoms. The number of hydrogen-bond donors (Lipinski definition) is 1. The molecule has 0 bridgehead atoms. The first-order chi connectivity index (χ1) is 16.4. The van der Waals surface area contributed by atoms with E-state index in [0.717, 1.165) is 11.1 Å². The van der Waals surface area contributed by atoms with Crippen LogP contribution in [0.3, 0.4) is 0 Å². The maximum atomic E-state index is 13.2. The van der Waals surface area contributed by atoms with Crippen molar-refractivity contribution >= 4 is 17.4 Å². The predicted octanol–water partition coefficient (Wildman–Crippen LogP) is 5.48. The largest absolute Gasteiger partial charge is 0.507 e. The van der Waals surface area contributed by atoms with Crippen LogP contribution in [0.15, 0.2) is 84.4 Å². The van der Waals surface area contributed by atoms with Gasteiger partial charge >= 0.3 is 0 Å². The summed E-state index contributed by atoms with van der Waals surface area (Å²) in [5.41, 5.74) is 3.62. The van der Waals surface area contributed by atoms with E-state index in [1.165, 1.54) is 5.56 Å². The third-order valence-corrected chi connectivity index (χ3v) is 6.31. The Kier molecular flexibility index (Phi) is 6.82. The maximum Gasteiger partial charge on any atom is 0.295 e. The quantitative estimate of drug-likeness (QED) is 0.291. The van der Waals surface area contributed by atoms with Gasteiger partial charge in [-0.3, -0.25) is 9.59 Å². The molecule has 1 heterocycles. The van der Waals surface area contributed by atoms with E-state index in [9.17, 15) is 14.7 Å². The first kappa shape index (κ1) is 23.3. The summed E-state index contributed by atoms with van der Waals surface area (Å²) >= 11 is 0. The van der Waals surface area contributed by atoms with E-state index in [-0.39, 0.29) is 11.3 Å². The number of likely N-dealkylation sites (tertiary alicyclic amines) is 1. The SMILES string of the molecule is COc1ccc(C(O)=C2C(=O)C(=O)N(CCc3ccccc3)C2c2ccc(C(C)C)cc2)cc1. The number of nitrogens with zero attached hydrogens (tertiary/aromatic N) is 1. The van der Waals surface area contributed by atoms with Gasteiger partial charge in [-0.2, -0.15) is 0 Å². The number of hydrogen-bond acceptors (Lipinski definition) is 4. The predicted molar refractivity (Wildman–Crippen MR) is 133 cm³/mol. The van der Waals surface area contributed by atoms with Gasteiger partial charge < -0.3 is 14.7 Å². The van der Waals surface area contributed by atoms with Gasteiger partial charge in [0.15, 0.2) is 0 Å². The molecule has 5 heteroatoms. The van der Waals surface area contributed by atoms with Crippen LogP contribution in [0.2, 0.25) is 0 Å². The highest BCUT2D eigenvalue weighted by Crippen LogP contribution is 2.40. The average Bonchev–Trinajstić information content (AvgIpc) is 3.12. The Bertz CT molecular complexity index is 1200. The molecule has 3 aromatic carbocycles. The standard InChI is InChI=1S/C29H29NO4/c1-19(2)21-9-11-22(12-10-21)26-25(27(31)23-13-15-24(34-3)16-14-23)28(32)29(33)30(26)18-17-20-7-5-4-6-8-20/h4-16,19,26,31H,17-18H2,1-3H3. The summed E-state index contributed by atoms with van der Waals surface area (Å²) in [5.74, 6) is -0.442. The lowest BCUT2D eigenvalue weighted by atomic mass is 9.93. The number of Topliss-reactive ketones (excluding diaryl/α,β-unsaturated/α-hetero) is 1. The van der Waals surface area contributed by atoms with Crippen molar-refractivity contribution in [3.8, 4) is 5.75 Å². The molecule has 1 amide bonds. The number of carbonyl (C=O) groups excluding carboxylic acids is 2. The molecule has 5 nitrogen and oxygen atoms in total. The van der Waals surface area contributed by atoms with Crippen LogP contribution in [0.25, 0.3) is 5.76 Å². The molecule has 0 aromatic heterocycles. The number of carbonyl (C=O) groups is 2. The Morgan fingerprint density at radius 1 is 0.941 bits per heavy atom. The number of ketones is 1. The summed E-state index contributed by atoms with van der Waals surface area (Å²) in [6, 6.07) is 23.9. The minimum absolute atomic E-state index is 0.112. The molecule has 0 aliphatic carbocycles. The minimum Gasteiger partial charge on any atom is -0.507 e. The van der Waals surface area contributed by atoms with Crippen LogP contribution in [0.4, 0.5) is 0 Å². The van der Waals surface area contributed by atoms with Crippen molar-refractivity contribution in [2.45, 2.75) is 32.2 Å². The fraction of sp³-hybridized carbons (Fsp3) is 0.241. The van der Waals surface area contributed by atoms with Crippen molar-refractivity contribution < 1.29 is 19.4 Å². The summed E-state index contributed by atoms with van der Waals surface area (Å²) in [4.78, 5) is 27.9. The lowest BCUT2D eigenvalue weighted by Crippen LogP contribution is -2.31. The molecule has 4 rings (SSSR count). The Morgan fingerprint density at radius 2 is 1.59 bits per heavy atom. The van der Waals surface area contributed by atoms with Gasteiger partial charge in [-0.25, -0.2) is 0 Å². The van der Waals surface area contributed by atoms with Gasteiger partial charge in [-0.05, 0) is 53.3 Å². The summed E-state index contributed by atoms with van der Waals surface area (Å²) in [6.07, 6.45) is 0.608. The fourth-order valence-corrected chi connectivity index (χ4v) is 4.32. The molecule has 0 radical (unpaired) electrons. The molecule has 1 aliphatic heterocycles. The van der Waals surface area contributed by atoms with Gasteiger partial charge in [0.1, 0.15) is 11.5 Å². The van der Waals surface area contributed by atoms with Crippen LogP contribution < -0.4 is 4.74 Å². The zero-order valence-corrected chi connectivity index (χ0v) is 19.7. The van der Waals surface area contributed by atoms with E-state index >= 15 is 0 Å². The van der Waals surface area contributed by atoms with Crippen molar-refractivity contribution in [2.24, 2.45) is 0 Å². The van der Waals surface area contributed by atoms with E-state index in [2.05, 4.69) is 13.8 Å². The number of aliphatic hydroxyl groups is 1. The monoisotopic (exact) mass is 455 g/mol. The number of methoxy groups -OCH3 is 1. The molecule has 1 fully saturated rings. The molecule has 0 saturated carbocycles. The average molecular weight is 456 g/mol. The molecule has 0 spiro atoms. The third kappa shape index (κ3) is 4.60. The highest BCUT2D eigenvalue weighted by Gasteiger charge is 2.45. The Balaban J connectivity index is 1.77. The number of rotatable bonds is 7. The number of benzene rings is 3. The van der Waals surface area contributed by atoms with Gasteiger partial charge in [-0.1, -0.05) is 68.4 Å². The summed E-state index contributed by atoms with van der Waals surface area (Å²) in [7, 11) is 1.56. The molecule has 3 aromatic rings. The van der Waals surface area contributed by atoms with E-state index < -0.39 is 17.7 Å². The Labute approximate surface area is 200 Å². The number of ether oxygens (including phenoxy) is 1. The molecular weight excluding hydrogens is 426 g/mol. The van der Waals surface area contributed by atoms with Crippen LogP contribution in [0.1, 0.15) is 48.1 Å². The van der Waals surface area contributed by atoms with Crippen LogP contribution in [-0.2, 0) is 16.0 Å². The van der Waals surface area contributed by atoms with Gasteiger partial charge in [0, 0.05) is 12.1 Å². The number of amides is 1.